The highest BCUT2D eigenvalue weighted by Crippen LogP contribution is 2.28. The van der Waals surface area contributed by atoms with E-state index in [9.17, 15) is 4.79 Å². The second kappa shape index (κ2) is 6.82. The first-order chi connectivity index (χ1) is 11.7. The smallest absolute Gasteiger partial charge is 0.225 e. The maximum absolute atomic E-state index is 12.7. The van der Waals surface area contributed by atoms with Crippen molar-refractivity contribution in [2.24, 2.45) is 5.92 Å². The molecule has 1 atom stereocenters. The number of carbonyl (C=O) groups excluding carboxylic acids is 1. The van der Waals surface area contributed by atoms with E-state index in [2.05, 4.69) is 31.6 Å². The van der Waals surface area contributed by atoms with Crippen molar-refractivity contribution in [1.82, 2.24) is 24.6 Å². The third-order valence-corrected chi connectivity index (χ3v) is 6.06. The number of piperidine rings is 1. The van der Waals surface area contributed by atoms with Crippen LogP contribution in [0.3, 0.4) is 0 Å². The number of hydrogen-bond donors (Lipinski definition) is 0. The number of nitrogens with zero attached hydrogens (tertiary/aromatic N) is 5. The zero-order valence-corrected chi connectivity index (χ0v) is 14.8. The van der Waals surface area contributed by atoms with Crippen molar-refractivity contribution in [1.29, 1.82) is 0 Å². The molecule has 0 spiro atoms. The van der Waals surface area contributed by atoms with Crippen LogP contribution in [0, 0.1) is 5.92 Å². The topological polar surface area (TPSA) is 54.3 Å². The van der Waals surface area contributed by atoms with E-state index in [1.807, 2.05) is 0 Å². The minimum absolute atomic E-state index is 0.278. The van der Waals surface area contributed by atoms with Crippen molar-refractivity contribution in [2.45, 2.75) is 57.4 Å². The normalized spacial score (nSPS) is 26.4. The van der Waals surface area contributed by atoms with Gasteiger partial charge in [0.2, 0.25) is 5.91 Å². The summed E-state index contributed by atoms with van der Waals surface area (Å²) in [5.74, 6) is 3.36. The number of fused-ring (bicyclic) bond motifs is 1. The van der Waals surface area contributed by atoms with E-state index >= 15 is 0 Å². The van der Waals surface area contributed by atoms with E-state index in [4.69, 9.17) is 0 Å². The molecule has 1 unspecified atom stereocenters. The Morgan fingerprint density at radius 3 is 2.62 bits per heavy atom. The monoisotopic (exact) mass is 331 g/mol. The van der Waals surface area contributed by atoms with E-state index in [1.165, 1.54) is 32.2 Å². The zero-order valence-electron chi connectivity index (χ0n) is 14.8. The first kappa shape index (κ1) is 16.1. The molecule has 1 aromatic rings. The van der Waals surface area contributed by atoms with E-state index < -0.39 is 0 Å². The molecule has 0 radical (unpaired) electrons. The number of amides is 1. The Morgan fingerprint density at radius 1 is 1.00 bits per heavy atom. The molecule has 132 valence electrons. The van der Waals surface area contributed by atoms with Gasteiger partial charge in [0.1, 0.15) is 11.6 Å². The van der Waals surface area contributed by atoms with Crippen molar-refractivity contribution in [2.75, 3.05) is 33.2 Å². The fourth-order valence-electron chi connectivity index (χ4n) is 4.68. The van der Waals surface area contributed by atoms with Crippen molar-refractivity contribution in [3.8, 4) is 0 Å². The Labute approximate surface area is 144 Å². The van der Waals surface area contributed by atoms with Crippen LogP contribution < -0.4 is 0 Å². The molecule has 6 heteroatoms. The third-order valence-electron chi connectivity index (χ3n) is 6.06. The van der Waals surface area contributed by atoms with Gasteiger partial charge in [0.25, 0.3) is 0 Å². The Hall–Kier alpha value is -1.43. The predicted molar refractivity (Wildman–Crippen MR) is 91.7 cm³/mol. The summed E-state index contributed by atoms with van der Waals surface area (Å²) in [4.78, 5) is 17.2. The molecule has 0 bridgehead atoms. The van der Waals surface area contributed by atoms with Crippen molar-refractivity contribution in [3.05, 3.63) is 11.6 Å². The largest absolute Gasteiger partial charge is 0.340 e. The molecule has 1 amide bonds. The summed E-state index contributed by atoms with van der Waals surface area (Å²) in [5, 5.41) is 8.99. The lowest BCUT2D eigenvalue weighted by atomic mass is 9.97. The number of likely N-dealkylation sites (tertiary alicyclic amines) is 1. The third kappa shape index (κ3) is 3.08. The van der Waals surface area contributed by atoms with Gasteiger partial charge < -0.3 is 14.4 Å². The molecule has 1 saturated carbocycles. The van der Waals surface area contributed by atoms with Crippen LogP contribution in [0.15, 0.2) is 0 Å². The summed E-state index contributed by atoms with van der Waals surface area (Å²) < 4.78 is 2.31. The van der Waals surface area contributed by atoms with Gasteiger partial charge in [-0.2, -0.15) is 0 Å². The van der Waals surface area contributed by atoms with Crippen LogP contribution in [0.1, 0.15) is 56.1 Å². The standard InChI is InChI=1S/C18H29N5O/c1-21-9-4-7-15(13-21)17-20-19-16-8-10-22(11-12-23(16)17)18(24)14-5-2-3-6-14/h14-15H,2-13H2,1H3. The van der Waals surface area contributed by atoms with Crippen molar-refractivity contribution in [3.63, 3.8) is 0 Å². The highest BCUT2D eigenvalue weighted by molar-refractivity contribution is 5.79. The Morgan fingerprint density at radius 2 is 1.83 bits per heavy atom. The molecule has 3 heterocycles. The first-order valence-electron chi connectivity index (χ1n) is 9.61. The molecule has 24 heavy (non-hydrogen) atoms. The van der Waals surface area contributed by atoms with Crippen molar-refractivity contribution >= 4 is 5.91 Å². The molecule has 1 aliphatic carbocycles. The SMILES string of the molecule is CN1CCCC(c2nnc3n2CCN(C(=O)C2CCCC2)CC3)C1. The predicted octanol–water partition coefficient (Wildman–Crippen LogP) is 1.66. The summed E-state index contributed by atoms with van der Waals surface area (Å²) in [7, 11) is 2.19. The molecule has 3 aliphatic rings. The summed E-state index contributed by atoms with van der Waals surface area (Å²) in [6.07, 6.45) is 7.88. The Balaban J connectivity index is 1.46. The molecule has 2 fully saturated rings. The molecule has 1 aromatic heterocycles. The van der Waals surface area contributed by atoms with E-state index in [1.54, 1.807) is 0 Å². The molecule has 2 aliphatic heterocycles. The highest BCUT2D eigenvalue weighted by Gasteiger charge is 2.31. The van der Waals surface area contributed by atoms with Gasteiger partial charge >= 0.3 is 0 Å². The minimum atomic E-state index is 0.278. The van der Waals surface area contributed by atoms with Crippen LogP contribution in [0.2, 0.25) is 0 Å². The number of rotatable bonds is 2. The van der Waals surface area contributed by atoms with Gasteiger partial charge in [-0.3, -0.25) is 4.79 Å². The van der Waals surface area contributed by atoms with Crippen LogP contribution in [0.25, 0.3) is 0 Å². The number of carbonyl (C=O) groups is 1. The molecule has 4 rings (SSSR count). The van der Waals surface area contributed by atoms with Crippen LogP contribution >= 0.6 is 0 Å². The van der Waals surface area contributed by atoms with E-state index in [-0.39, 0.29) is 5.92 Å². The summed E-state index contributed by atoms with van der Waals surface area (Å²) in [5.41, 5.74) is 0. The van der Waals surface area contributed by atoms with Gasteiger partial charge in [0, 0.05) is 44.4 Å². The average Bonchev–Trinajstić information content (AvgIpc) is 3.21. The van der Waals surface area contributed by atoms with Gasteiger partial charge in [-0.25, -0.2) is 0 Å². The second-order valence-electron chi connectivity index (χ2n) is 7.78. The molecular weight excluding hydrogens is 302 g/mol. The number of aromatic nitrogens is 3. The summed E-state index contributed by atoms with van der Waals surface area (Å²) in [6, 6.07) is 0. The maximum atomic E-state index is 12.7. The lowest BCUT2D eigenvalue weighted by Crippen LogP contribution is -2.37. The van der Waals surface area contributed by atoms with Gasteiger partial charge in [-0.15, -0.1) is 10.2 Å². The minimum Gasteiger partial charge on any atom is -0.340 e. The molecule has 1 saturated heterocycles. The van der Waals surface area contributed by atoms with Gasteiger partial charge in [0.05, 0.1) is 0 Å². The maximum Gasteiger partial charge on any atom is 0.225 e. The van der Waals surface area contributed by atoms with Gasteiger partial charge in [0.15, 0.2) is 0 Å². The van der Waals surface area contributed by atoms with E-state index in [0.717, 1.165) is 57.1 Å². The quantitative estimate of drug-likeness (QED) is 0.827. The zero-order chi connectivity index (χ0) is 16.5. The average molecular weight is 331 g/mol. The molecular formula is C18H29N5O. The number of hydrogen-bond acceptors (Lipinski definition) is 4. The van der Waals surface area contributed by atoms with Crippen molar-refractivity contribution < 1.29 is 4.79 Å². The number of likely N-dealkylation sites (N-methyl/N-ethyl adjacent to an activating group) is 1. The first-order valence-corrected chi connectivity index (χ1v) is 9.61. The lowest BCUT2D eigenvalue weighted by Gasteiger charge is -2.29. The Kier molecular flexibility index (Phi) is 4.57. The summed E-state index contributed by atoms with van der Waals surface area (Å²) >= 11 is 0. The van der Waals surface area contributed by atoms with Crippen LogP contribution in [-0.4, -0.2) is 63.7 Å². The lowest BCUT2D eigenvalue weighted by molar-refractivity contribution is -0.135. The fourth-order valence-corrected chi connectivity index (χ4v) is 4.68. The molecule has 0 N–H and O–H groups in total. The molecule has 6 nitrogen and oxygen atoms in total. The van der Waals surface area contributed by atoms with Crippen LogP contribution in [0.4, 0.5) is 0 Å². The summed E-state index contributed by atoms with van der Waals surface area (Å²) in [6.45, 7) is 4.73. The van der Waals surface area contributed by atoms with Gasteiger partial charge in [-0.05, 0) is 39.3 Å². The van der Waals surface area contributed by atoms with Crippen LogP contribution in [-0.2, 0) is 17.8 Å². The molecule has 0 aromatic carbocycles. The highest BCUT2D eigenvalue weighted by atomic mass is 16.2. The fraction of sp³-hybridized carbons (Fsp3) is 0.833. The Bertz CT molecular complexity index is 592. The second-order valence-corrected chi connectivity index (χ2v) is 7.78. The van der Waals surface area contributed by atoms with E-state index in [0.29, 0.717) is 11.8 Å². The van der Waals surface area contributed by atoms with Crippen LogP contribution in [0.5, 0.6) is 0 Å². The van der Waals surface area contributed by atoms with Gasteiger partial charge in [-0.1, -0.05) is 12.8 Å².